The number of nitrogens with one attached hydrogen (secondary N) is 1. The number of carbonyl (C=O) groups is 1. The number of sulfone groups is 1. The van der Waals surface area contributed by atoms with E-state index < -0.39 is 15.7 Å². The Morgan fingerprint density at radius 1 is 1.21 bits per heavy atom. The Labute approximate surface area is 199 Å². The number of methoxy groups -OCH3 is 1. The number of anilines is 1. The van der Waals surface area contributed by atoms with Crippen molar-refractivity contribution in [1.29, 1.82) is 5.26 Å². The van der Waals surface area contributed by atoms with Gasteiger partial charge in [0.1, 0.15) is 24.1 Å². The van der Waals surface area contributed by atoms with E-state index in [1.54, 1.807) is 36.4 Å². The lowest BCUT2D eigenvalue weighted by atomic mass is 10.1. The molecule has 1 heterocycles. The lowest BCUT2D eigenvalue weighted by Gasteiger charge is -2.11. The summed E-state index contributed by atoms with van der Waals surface area (Å²) in [7, 11) is -2.10. The molecule has 1 N–H and O–H groups in total. The maximum absolute atomic E-state index is 13.0. The molecule has 0 fully saturated rings. The van der Waals surface area contributed by atoms with Gasteiger partial charge in [0.05, 0.1) is 12.9 Å². The zero-order chi connectivity index (χ0) is 24.7. The summed E-state index contributed by atoms with van der Waals surface area (Å²) in [6.45, 7) is 1.66. The molecular weight excluding hydrogens is 483 g/mol. The second-order valence-electron chi connectivity index (χ2n) is 6.73. The normalized spacial score (nSPS) is 11.5. The summed E-state index contributed by atoms with van der Waals surface area (Å²) < 4.78 is 47.6. The van der Waals surface area contributed by atoms with E-state index >= 15 is 0 Å². The first kappa shape index (κ1) is 24.8. The van der Waals surface area contributed by atoms with E-state index in [1.807, 2.05) is 0 Å². The monoisotopic (exact) mass is 502 g/mol. The van der Waals surface area contributed by atoms with E-state index in [-0.39, 0.29) is 33.2 Å². The number of hydrogen-bond donors (Lipinski definition) is 1. The van der Waals surface area contributed by atoms with Crippen LogP contribution in [0, 0.1) is 17.1 Å². The van der Waals surface area contributed by atoms with Crippen LogP contribution in [0.15, 0.2) is 52.4 Å². The number of ether oxygens (including phenoxy) is 2. The number of carbonyl (C=O) groups excluding carboxylic acids is 1. The summed E-state index contributed by atoms with van der Waals surface area (Å²) in [6.07, 6.45) is 1.34. The molecule has 2 aromatic carbocycles. The Morgan fingerprint density at radius 2 is 1.94 bits per heavy atom. The van der Waals surface area contributed by atoms with Crippen LogP contribution < -0.4 is 14.8 Å². The third-order valence-electron chi connectivity index (χ3n) is 4.44. The van der Waals surface area contributed by atoms with E-state index in [1.165, 1.54) is 32.2 Å². The SMILES string of the molecule is CCS(=O)(=O)c1nnc(NC(=O)C(C#N)=Cc2ccc(OCc3ccc(F)cc3)c(OC)c2)s1. The van der Waals surface area contributed by atoms with Gasteiger partial charge in [0.15, 0.2) is 11.5 Å². The zero-order valence-electron chi connectivity index (χ0n) is 18.1. The number of aromatic nitrogens is 2. The molecular formula is C22H19FN4O5S2. The van der Waals surface area contributed by atoms with Crippen LogP contribution in [0.2, 0.25) is 0 Å². The summed E-state index contributed by atoms with van der Waals surface area (Å²) in [6, 6.07) is 12.5. The molecule has 9 nitrogen and oxygen atoms in total. The first-order valence-corrected chi connectivity index (χ1v) is 12.3. The molecule has 176 valence electrons. The van der Waals surface area contributed by atoms with Crippen LogP contribution >= 0.6 is 11.3 Å². The van der Waals surface area contributed by atoms with Crippen LogP contribution in [0.3, 0.4) is 0 Å². The summed E-state index contributed by atoms with van der Waals surface area (Å²) in [5, 5.41) is 19.0. The molecule has 1 amide bonds. The molecule has 1 aromatic heterocycles. The maximum Gasteiger partial charge on any atom is 0.268 e. The van der Waals surface area contributed by atoms with Gasteiger partial charge in [0.2, 0.25) is 19.3 Å². The minimum atomic E-state index is -3.55. The Kier molecular flexibility index (Phi) is 7.93. The van der Waals surface area contributed by atoms with Gasteiger partial charge in [0, 0.05) is 0 Å². The van der Waals surface area contributed by atoms with Gasteiger partial charge >= 0.3 is 0 Å². The fourth-order valence-electron chi connectivity index (χ4n) is 2.62. The number of amides is 1. The zero-order valence-corrected chi connectivity index (χ0v) is 19.7. The molecule has 34 heavy (non-hydrogen) atoms. The molecule has 3 aromatic rings. The second kappa shape index (κ2) is 10.9. The van der Waals surface area contributed by atoms with Gasteiger partial charge in [-0.05, 0) is 41.5 Å². The quantitative estimate of drug-likeness (QED) is 0.267. The number of halogens is 1. The van der Waals surface area contributed by atoms with Crippen LogP contribution in [0.4, 0.5) is 9.52 Å². The molecule has 0 aliphatic heterocycles. The van der Waals surface area contributed by atoms with E-state index in [0.717, 1.165) is 5.56 Å². The lowest BCUT2D eigenvalue weighted by molar-refractivity contribution is -0.112. The number of hydrogen-bond acceptors (Lipinski definition) is 9. The Morgan fingerprint density at radius 3 is 2.59 bits per heavy atom. The molecule has 0 bridgehead atoms. The highest BCUT2D eigenvalue weighted by molar-refractivity contribution is 7.93. The van der Waals surface area contributed by atoms with Crippen LogP contribution in [0.25, 0.3) is 6.08 Å². The predicted molar refractivity (Wildman–Crippen MR) is 124 cm³/mol. The number of nitrogens with zero attached hydrogens (tertiary/aromatic N) is 3. The first-order chi connectivity index (χ1) is 16.2. The van der Waals surface area contributed by atoms with E-state index in [2.05, 4.69) is 15.5 Å². The Hall–Kier alpha value is -3.82. The Balaban J connectivity index is 1.74. The topological polar surface area (TPSA) is 131 Å². The molecule has 0 atom stereocenters. The van der Waals surface area contributed by atoms with Crippen molar-refractivity contribution in [2.24, 2.45) is 0 Å². The standard InChI is InChI=1S/C22H19FN4O5S2/c1-3-34(29,30)22-27-26-21(33-22)25-20(28)16(12-24)10-15-6-9-18(19(11-15)31-2)32-13-14-4-7-17(23)8-5-14/h4-11H,3,13H2,1-2H3,(H,25,26,28). The van der Waals surface area contributed by atoms with Crippen LogP contribution in [-0.4, -0.2) is 37.4 Å². The van der Waals surface area contributed by atoms with Crippen molar-refractivity contribution < 1.29 is 27.1 Å². The summed E-state index contributed by atoms with van der Waals surface area (Å²) in [4.78, 5) is 12.5. The molecule has 12 heteroatoms. The minimum Gasteiger partial charge on any atom is -0.493 e. The molecule has 0 saturated heterocycles. The fraction of sp³-hybridized carbons (Fsp3) is 0.182. The van der Waals surface area contributed by atoms with E-state index in [4.69, 9.17) is 9.47 Å². The third kappa shape index (κ3) is 6.15. The minimum absolute atomic E-state index is 0.0414. The van der Waals surface area contributed by atoms with Gasteiger partial charge in [0.25, 0.3) is 5.91 Å². The number of nitriles is 1. The average Bonchev–Trinajstić information content (AvgIpc) is 3.31. The lowest BCUT2D eigenvalue weighted by Crippen LogP contribution is -2.13. The largest absolute Gasteiger partial charge is 0.493 e. The molecule has 0 spiro atoms. The molecule has 0 saturated carbocycles. The molecule has 0 aliphatic rings. The van der Waals surface area contributed by atoms with Crippen molar-refractivity contribution in [2.45, 2.75) is 17.9 Å². The molecule has 3 rings (SSSR count). The number of benzene rings is 2. The highest BCUT2D eigenvalue weighted by Crippen LogP contribution is 2.30. The molecule has 0 radical (unpaired) electrons. The van der Waals surface area contributed by atoms with Crippen molar-refractivity contribution in [3.63, 3.8) is 0 Å². The first-order valence-electron chi connectivity index (χ1n) is 9.80. The van der Waals surface area contributed by atoms with Gasteiger partial charge in [-0.2, -0.15) is 5.26 Å². The van der Waals surface area contributed by atoms with Crippen molar-refractivity contribution in [2.75, 3.05) is 18.2 Å². The van der Waals surface area contributed by atoms with Gasteiger partial charge in [-0.15, -0.1) is 10.2 Å². The highest BCUT2D eigenvalue weighted by Gasteiger charge is 2.20. The van der Waals surface area contributed by atoms with Crippen molar-refractivity contribution in [3.8, 4) is 17.6 Å². The van der Waals surface area contributed by atoms with Crippen molar-refractivity contribution in [3.05, 3.63) is 65.0 Å². The summed E-state index contributed by atoms with van der Waals surface area (Å²) >= 11 is 0.703. The van der Waals surface area contributed by atoms with Crippen molar-refractivity contribution in [1.82, 2.24) is 10.2 Å². The van der Waals surface area contributed by atoms with Gasteiger partial charge < -0.3 is 9.47 Å². The maximum atomic E-state index is 13.0. The summed E-state index contributed by atoms with van der Waals surface area (Å²) in [5.41, 5.74) is 1.02. The number of rotatable bonds is 9. The third-order valence-corrected chi connectivity index (χ3v) is 7.46. The second-order valence-corrected chi connectivity index (χ2v) is 10.2. The van der Waals surface area contributed by atoms with E-state index in [9.17, 15) is 22.9 Å². The predicted octanol–water partition coefficient (Wildman–Crippen LogP) is 3.60. The smallest absolute Gasteiger partial charge is 0.268 e. The van der Waals surface area contributed by atoms with Crippen LogP contribution in [0.5, 0.6) is 11.5 Å². The highest BCUT2D eigenvalue weighted by atomic mass is 32.2. The van der Waals surface area contributed by atoms with Gasteiger partial charge in [-0.3, -0.25) is 10.1 Å². The van der Waals surface area contributed by atoms with Crippen LogP contribution in [0.1, 0.15) is 18.1 Å². The molecule has 0 unspecified atom stereocenters. The van der Waals surface area contributed by atoms with Gasteiger partial charge in [-0.25, -0.2) is 12.8 Å². The van der Waals surface area contributed by atoms with Crippen molar-refractivity contribution >= 4 is 38.3 Å². The van der Waals surface area contributed by atoms with E-state index in [0.29, 0.717) is 28.4 Å². The molecule has 0 aliphatic carbocycles. The fourth-order valence-corrected chi connectivity index (χ4v) is 4.61. The average molecular weight is 503 g/mol. The van der Waals surface area contributed by atoms with Gasteiger partial charge in [-0.1, -0.05) is 36.5 Å². The Bertz CT molecular complexity index is 1360. The summed E-state index contributed by atoms with van der Waals surface area (Å²) in [5.74, 6) is -0.468. The van der Waals surface area contributed by atoms with Crippen LogP contribution in [-0.2, 0) is 21.2 Å².